The molecule has 0 atom stereocenters. The molecule has 2 fully saturated rings. The Kier molecular flexibility index (Phi) is 4.43. The number of amides is 1. The van der Waals surface area contributed by atoms with E-state index in [9.17, 15) is 4.79 Å². The second-order valence-electron chi connectivity index (χ2n) is 5.76. The van der Waals surface area contributed by atoms with Crippen molar-refractivity contribution >= 4 is 5.91 Å². The number of hydrogen-bond donors (Lipinski definition) is 1. The Morgan fingerprint density at radius 2 is 1.82 bits per heavy atom. The average Bonchev–Trinajstić information content (AvgIpc) is 2.27. The van der Waals surface area contributed by atoms with Gasteiger partial charge in [0.1, 0.15) is 0 Å². The number of carbonyl (C=O) groups excluding carboxylic acids is 1. The molecule has 0 aliphatic heterocycles. The van der Waals surface area contributed by atoms with Crippen LogP contribution in [0.25, 0.3) is 0 Å². The molecule has 0 saturated heterocycles. The lowest BCUT2D eigenvalue weighted by Gasteiger charge is -2.38. The minimum Gasteiger partial charge on any atom is -0.396 e. The monoisotopic (exact) mass is 239 g/mol. The lowest BCUT2D eigenvalue weighted by molar-refractivity contribution is -0.139. The van der Waals surface area contributed by atoms with Crippen molar-refractivity contribution in [3.05, 3.63) is 0 Å². The van der Waals surface area contributed by atoms with Gasteiger partial charge in [0.15, 0.2) is 0 Å². The van der Waals surface area contributed by atoms with Gasteiger partial charge in [-0.3, -0.25) is 4.79 Å². The summed E-state index contributed by atoms with van der Waals surface area (Å²) in [5, 5.41) is 8.92. The average molecular weight is 239 g/mol. The highest BCUT2D eigenvalue weighted by molar-refractivity contribution is 5.79. The van der Waals surface area contributed by atoms with E-state index in [1.807, 2.05) is 11.9 Å². The summed E-state index contributed by atoms with van der Waals surface area (Å²) < 4.78 is 0. The third kappa shape index (κ3) is 3.01. The van der Waals surface area contributed by atoms with Crippen LogP contribution in [-0.2, 0) is 4.79 Å². The van der Waals surface area contributed by atoms with Crippen LogP contribution in [0.4, 0.5) is 0 Å². The molecule has 2 aliphatic rings. The van der Waals surface area contributed by atoms with Gasteiger partial charge in [0.25, 0.3) is 0 Å². The minimum absolute atomic E-state index is 0.260. The van der Waals surface area contributed by atoms with Crippen molar-refractivity contribution in [2.24, 2.45) is 11.8 Å². The molecule has 0 unspecified atom stereocenters. The summed E-state index contributed by atoms with van der Waals surface area (Å²) in [7, 11) is 1.98. The van der Waals surface area contributed by atoms with Gasteiger partial charge in [-0.15, -0.1) is 0 Å². The van der Waals surface area contributed by atoms with Gasteiger partial charge in [-0.05, 0) is 57.3 Å². The first-order valence-electron chi connectivity index (χ1n) is 7.10. The molecule has 98 valence electrons. The predicted octanol–water partition coefficient (Wildman–Crippen LogP) is 2.19. The smallest absolute Gasteiger partial charge is 0.225 e. The normalized spacial score (nSPS) is 29.8. The van der Waals surface area contributed by atoms with Crippen LogP contribution in [0.15, 0.2) is 0 Å². The summed E-state index contributed by atoms with van der Waals surface area (Å²) in [6, 6.07) is 0.526. The van der Waals surface area contributed by atoms with E-state index in [0.717, 1.165) is 32.1 Å². The number of aliphatic hydroxyl groups is 1. The van der Waals surface area contributed by atoms with E-state index in [-0.39, 0.29) is 5.92 Å². The summed E-state index contributed by atoms with van der Waals surface area (Å²) >= 11 is 0. The van der Waals surface area contributed by atoms with Crippen molar-refractivity contribution in [2.75, 3.05) is 13.7 Å². The minimum atomic E-state index is 0.260. The zero-order valence-corrected chi connectivity index (χ0v) is 10.9. The van der Waals surface area contributed by atoms with Crippen LogP contribution in [0.5, 0.6) is 0 Å². The Hall–Kier alpha value is -0.570. The number of carbonyl (C=O) groups is 1. The molecule has 2 saturated carbocycles. The third-order valence-electron chi connectivity index (χ3n) is 4.70. The SMILES string of the molecule is CN(C(=O)C1CCC(CCO)CC1)C1CCC1. The van der Waals surface area contributed by atoms with Gasteiger partial charge in [-0.1, -0.05) is 0 Å². The highest BCUT2D eigenvalue weighted by Gasteiger charge is 2.32. The van der Waals surface area contributed by atoms with Crippen LogP contribution in [0.3, 0.4) is 0 Å². The fraction of sp³-hybridized carbons (Fsp3) is 0.929. The Morgan fingerprint density at radius 1 is 1.18 bits per heavy atom. The zero-order chi connectivity index (χ0) is 12.3. The van der Waals surface area contributed by atoms with E-state index in [2.05, 4.69) is 0 Å². The lowest BCUT2D eigenvalue weighted by Crippen LogP contribution is -2.44. The molecular weight excluding hydrogens is 214 g/mol. The molecule has 0 spiro atoms. The van der Waals surface area contributed by atoms with Crippen LogP contribution in [-0.4, -0.2) is 35.6 Å². The molecule has 0 aromatic carbocycles. The lowest BCUT2D eigenvalue weighted by atomic mass is 9.79. The second kappa shape index (κ2) is 5.85. The van der Waals surface area contributed by atoms with Crippen LogP contribution in [0.1, 0.15) is 51.4 Å². The maximum absolute atomic E-state index is 12.3. The van der Waals surface area contributed by atoms with Gasteiger partial charge in [-0.2, -0.15) is 0 Å². The zero-order valence-electron chi connectivity index (χ0n) is 10.9. The molecule has 2 rings (SSSR count). The summed E-state index contributed by atoms with van der Waals surface area (Å²) in [5.74, 6) is 1.28. The number of nitrogens with zero attached hydrogens (tertiary/aromatic N) is 1. The van der Waals surface area contributed by atoms with E-state index in [4.69, 9.17) is 5.11 Å². The Labute approximate surface area is 104 Å². The maximum Gasteiger partial charge on any atom is 0.225 e. The first-order chi connectivity index (χ1) is 8.22. The van der Waals surface area contributed by atoms with Crippen LogP contribution in [0.2, 0.25) is 0 Å². The fourth-order valence-corrected chi connectivity index (χ4v) is 3.12. The highest BCUT2D eigenvalue weighted by Crippen LogP contribution is 2.33. The van der Waals surface area contributed by atoms with Crippen molar-refractivity contribution in [3.63, 3.8) is 0 Å². The van der Waals surface area contributed by atoms with Crippen LogP contribution >= 0.6 is 0 Å². The first-order valence-corrected chi connectivity index (χ1v) is 7.10. The summed E-state index contributed by atoms with van der Waals surface area (Å²) in [6.45, 7) is 0.297. The molecule has 0 aromatic heterocycles. The molecule has 3 heteroatoms. The quantitative estimate of drug-likeness (QED) is 0.817. The fourth-order valence-electron chi connectivity index (χ4n) is 3.12. The number of rotatable bonds is 4. The van der Waals surface area contributed by atoms with Gasteiger partial charge < -0.3 is 10.0 Å². The van der Waals surface area contributed by atoms with Gasteiger partial charge in [0.05, 0.1) is 0 Å². The highest BCUT2D eigenvalue weighted by atomic mass is 16.3. The van der Waals surface area contributed by atoms with Crippen LogP contribution in [0, 0.1) is 11.8 Å². The van der Waals surface area contributed by atoms with Crippen molar-refractivity contribution in [1.82, 2.24) is 4.90 Å². The molecule has 0 aromatic rings. The number of aliphatic hydroxyl groups excluding tert-OH is 1. The molecule has 17 heavy (non-hydrogen) atoms. The van der Waals surface area contributed by atoms with Gasteiger partial charge in [0.2, 0.25) is 5.91 Å². The van der Waals surface area contributed by atoms with Crippen molar-refractivity contribution in [1.29, 1.82) is 0 Å². The molecule has 1 N–H and O–H groups in total. The topological polar surface area (TPSA) is 40.5 Å². The molecule has 0 radical (unpaired) electrons. The second-order valence-corrected chi connectivity index (χ2v) is 5.76. The van der Waals surface area contributed by atoms with E-state index in [1.54, 1.807) is 0 Å². The molecule has 3 nitrogen and oxygen atoms in total. The summed E-state index contributed by atoms with van der Waals surface area (Å²) in [5.41, 5.74) is 0. The predicted molar refractivity (Wildman–Crippen MR) is 67.6 cm³/mol. The van der Waals surface area contributed by atoms with E-state index < -0.39 is 0 Å². The molecule has 2 aliphatic carbocycles. The maximum atomic E-state index is 12.3. The summed E-state index contributed by atoms with van der Waals surface area (Å²) in [4.78, 5) is 14.3. The standard InChI is InChI=1S/C14H25NO2/c1-15(13-3-2-4-13)14(17)12-7-5-11(6-8-12)9-10-16/h11-13,16H,2-10H2,1H3. The molecule has 0 heterocycles. The number of hydrogen-bond acceptors (Lipinski definition) is 2. The first kappa shape index (κ1) is 12.9. The van der Waals surface area contributed by atoms with Gasteiger partial charge >= 0.3 is 0 Å². The Morgan fingerprint density at radius 3 is 2.29 bits per heavy atom. The van der Waals surface area contributed by atoms with E-state index in [1.165, 1.54) is 19.3 Å². The van der Waals surface area contributed by atoms with Crippen LogP contribution < -0.4 is 0 Å². The van der Waals surface area contributed by atoms with E-state index >= 15 is 0 Å². The Bertz CT molecular complexity index is 255. The van der Waals surface area contributed by atoms with Crippen molar-refractivity contribution in [2.45, 2.75) is 57.4 Å². The largest absolute Gasteiger partial charge is 0.396 e. The Balaban J connectivity index is 1.77. The summed E-state index contributed by atoms with van der Waals surface area (Å²) in [6.07, 6.45) is 8.89. The van der Waals surface area contributed by atoms with Gasteiger partial charge in [0, 0.05) is 25.6 Å². The third-order valence-corrected chi connectivity index (χ3v) is 4.70. The van der Waals surface area contributed by atoms with Crippen molar-refractivity contribution < 1.29 is 9.90 Å². The molecule has 1 amide bonds. The van der Waals surface area contributed by atoms with Gasteiger partial charge in [-0.25, -0.2) is 0 Å². The van der Waals surface area contributed by atoms with Crippen molar-refractivity contribution in [3.8, 4) is 0 Å². The van der Waals surface area contributed by atoms with E-state index in [0.29, 0.717) is 24.5 Å². The molecular formula is C14H25NO2. The molecule has 0 bridgehead atoms.